The Hall–Kier alpha value is -1.39. The largest absolute Gasteiger partial charge is 0.377 e. The highest BCUT2D eigenvalue weighted by Gasteiger charge is 2.39. The molecule has 0 radical (unpaired) electrons. The lowest BCUT2D eigenvalue weighted by molar-refractivity contribution is -0.115. The molecular weight excluding hydrogens is 204 g/mol. The Morgan fingerprint density at radius 3 is 2.88 bits per heavy atom. The molecule has 4 heteroatoms. The first-order chi connectivity index (χ1) is 7.73. The number of ether oxygens (including phenoxy) is 1. The van der Waals surface area contributed by atoms with E-state index in [0.717, 1.165) is 11.3 Å². The van der Waals surface area contributed by atoms with Crippen molar-refractivity contribution < 1.29 is 9.53 Å². The average Bonchev–Trinajstić information content (AvgIpc) is 2.56. The molecular formula is C12H14N2O2. The third-order valence-electron chi connectivity index (χ3n) is 3.46. The maximum Gasteiger partial charge on any atom is 0.228 e. The van der Waals surface area contributed by atoms with Gasteiger partial charge in [-0.1, -0.05) is 12.1 Å². The van der Waals surface area contributed by atoms with Crippen LogP contribution in [0.1, 0.15) is 11.1 Å². The summed E-state index contributed by atoms with van der Waals surface area (Å²) in [5.74, 6) is 0.0792. The summed E-state index contributed by atoms with van der Waals surface area (Å²) in [5, 5.41) is 6.14. The number of likely N-dealkylation sites (N-methyl/N-ethyl adjacent to an activating group) is 1. The predicted molar refractivity (Wildman–Crippen MR) is 60.3 cm³/mol. The summed E-state index contributed by atoms with van der Waals surface area (Å²) in [5.41, 5.74) is 3.18. The van der Waals surface area contributed by atoms with Crippen LogP contribution in [0, 0.1) is 0 Å². The second kappa shape index (κ2) is 3.30. The Labute approximate surface area is 94.0 Å². The molecule has 1 aromatic carbocycles. The summed E-state index contributed by atoms with van der Waals surface area (Å²) in [6.45, 7) is 1.40. The monoisotopic (exact) mass is 218 g/mol. The van der Waals surface area contributed by atoms with E-state index in [1.165, 1.54) is 5.56 Å². The number of carbonyl (C=O) groups excluding carboxylic acids is 1. The van der Waals surface area contributed by atoms with Crippen molar-refractivity contribution in [2.75, 3.05) is 25.6 Å². The van der Waals surface area contributed by atoms with Gasteiger partial charge in [0, 0.05) is 5.69 Å². The fourth-order valence-electron chi connectivity index (χ4n) is 2.29. The average molecular weight is 218 g/mol. The molecule has 1 saturated heterocycles. The SMILES string of the molecule is CNC1(c2ccc3c(c2)CC(=O)N3)COC1. The van der Waals surface area contributed by atoms with Gasteiger partial charge in [0.25, 0.3) is 0 Å². The third-order valence-corrected chi connectivity index (χ3v) is 3.46. The lowest BCUT2D eigenvalue weighted by Gasteiger charge is -2.41. The minimum absolute atomic E-state index is 0.0549. The van der Waals surface area contributed by atoms with Crippen LogP contribution in [0.15, 0.2) is 18.2 Å². The molecule has 0 atom stereocenters. The number of carbonyl (C=O) groups is 1. The molecule has 0 saturated carbocycles. The van der Waals surface area contributed by atoms with Gasteiger partial charge < -0.3 is 15.4 Å². The van der Waals surface area contributed by atoms with Crippen molar-refractivity contribution in [2.45, 2.75) is 12.0 Å². The van der Waals surface area contributed by atoms with E-state index in [1.54, 1.807) is 0 Å². The zero-order valence-electron chi connectivity index (χ0n) is 9.17. The molecule has 2 heterocycles. The summed E-state index contributed by atoms with van der Waals surface area (Å²) in [6.07, 6.45) is 0.490. The van der Waals surface area contributed by atoms with Crippen LogP contribution >= 0.6 is 0 Å². The first-order valence-electron chi connectivity index (χ1n) is 5.43. The van der Waals surface area contributed by atoms with Gasteiger partial charge in [0.15, 0.2) is 0 Å². The Balaban J connectivity index is 1.98. The molecule has 16 heavy (non-hydrogen) atoms. The summed E-state index contributed by atoms with van der Waals surface area (Å²) >= 11 is 0. The maximum absolute atomic E-state index is 11.3. The van der Waals surface area contributed by atoms with Gasteiger partial charge in [-0.3, -0.25) is 4.79 Å². The van der Waals surface area contributed by atoms with Crippen molar-refractivity contribution in [3.63, 3.8) is 0 Å². The van der Waals surface area contributed by atoms with Crippen LogP contribution in [0.3, 0.4) is 0 Å². The van der Waals surface area contributed by atoms with Crippen molar-refractivity contribution in [3.05, 3.63) is 29.3 Å². The van der Waals surface area contributed by atoms with Crippen LogP contribution in [0.2, 0.25) is 0 Å². The normalized spacial score (nSPS) is 21.2. The van der Waals surface area contributed by atoms with Crippen LogP contribution < -0.4 is 10.6 Å². The molecule has 0 bridgehead atoms. The van der Waals surface area contributed by atoms with E-state index in [9.17, 15) is 4.79 Å². The molecule has 84 valence electrons. The zero-order chi connectivity index (χ0) is 11.2. The highest BCUT2D eigenvalue weighted by Crippen LogP contribution is 2.33. The Morgan fingerprint density at radius 2 is 2.25 bits per heavy atom. The van der Waals surface area contributed by atoms with E-state index in [2.05, 4.69) is 22.8 Å². The summed E-state index contributed by atoms with van der Waals surface area (Å²) < 4.78 is 5.28. The van der Waals surface area contributed by atoms with Crippen molar-refractivity contribution >= 4 is 11.6 Å². The predicted octanol–water partition coefficient (Wildman–Crippen LogP) is 0.626. The quantitative estimate of drug-likeness (QED) is 0.765. The number of hydrogen-bond donors (Lipinski definition) is 2. The molecule has 1 amide bonds. The van der Waals surface area contributed by atoms with E-state index < -0.39 is 0 Å². The zero-order valence-corrected chi connectivity index (χ0v) is 9.17. The molecule has 0 spiro atoms. The lowest BCUT2D eigenvalue weighted by Crippen LogP contribution is -2.56. The number of hydrogen-bond acceptors (Lipinski definition) is 3. The molecule has 3 rings (SSSR count). The Morgan fingerprint density at radius 1 is 1.44 bits per heavy atom. The second-order valence-corrected chi connectivity index (χ2v) is 4.42. The van der Waals surface area contributed by atoms with Crippen molar-refractivity contribution in [3.8, 4) is 0 Å². The fraction of sp³-hybridized carbons (Fsp3) is 0.417. The molecule has 2 aliphatic heterocycles. The fourth-order valence-corrected chi connectivity index (χ4v) is 2.29. The van der Waals surface area contributed by atoms with E-state index in [-0.39, 0.29) is 11.4 Å². The Kier molecular flexibility index (Phi) is 2.02. The van der Waals surface area contributed by atoms with Gasteiger partial charge in [-0.2, -0.15) is 0 Å². The molecule has 0 aromatic heterocycles. The number of amides is 1. The van der Waals surface area contributed by atoms with Gasteiger partial charge in [-0.05, 0) is 24.2 Å². The first kappa shape index (κ1) is 9.81. The smallest absolute Gasteiger partial charge is 0.228 e. The minimum atomic E-state index is -0.0549. The molecule has 1 fully saturated rings. The molecule has 0 unspecified atom stereocenters. The number of anilines is 1. The van der Waals surface area contributed by atoms with Crippen LogP contribution in [-0.4, -0.2) is 26.2 Å². The van der Waals surface area contributed by atoms with Gasteiger partial charge >= 0.3 is 0 Å². The highest BCUT2D eigenvalue weighted by atomic mass is 16.5. The molecule has 2 N–H and O–H groups in total. The molecule has 4 nitrogen and oxygen atoms in total. The number of benzene rings is 1. The van der Waals surface area contributed by atoms with Crippen LogP contribution in [0.5, 0.6) is 0 Å². The number of rotatable bonds is 2. The van der Waals surface area contributed by atoms with Gasteiger partial charge in [0.2, 0.25) is 5.91 Å². The van der Waals surface area contributed by atoms with Crippen molar-refractivity contribution in [1.82, 2.24) is 5.32 Å². The third kappa shape index (κ3) is 1.27. The van der Waals surface area contributed by atoms with Crippen LogP contribution in [0.4, 0.5) is 5.69 Å². The first-order valence-corrected chi connectivity index (χ1v) is 5.43. The lowest BCUT2D eigenvalue weighted by atomic mass is 9.87. The number of nitrogens with one attached hydrogen (secondary N) is 2. The molecule has 1 aromatic rings. The van der Waals surface area contributed by atoms with Gasteiger partial charge in [-0.25, -0.2) is 0 Å². The van der Waals surface area contributed by atoms with E-state index in [0.29, 0.717) is 19.6 Å². The summed E-state index contributed by atoms with van der Waals surface area (Å²) in [4.78, 5) is 11.3. The van der Waals surface area contributed by atoms with Crippen molar-refractivity contribution in [2.24, 2.45) is 0 Å². The van der Waals surface area contributed by atoms with Gasteiger partial charge in [0.1, 0.15) is 0 Å². The van der Waals surface area contributed by atoms with E-state index >= 15 is 0 Å². The minimum Gasteiger partial charge on any atom is -0.377 e. The summed E-state index contributed by atoms with van der Waals surface area (Å²) in [7, 11) is 1.94. The van der Waals surface area contributed by atoms with Crippen LogP contribution in [-0.2, 0) is 21.5 Å². The Bertz CT molecular complexity index is 447. The highest BCUT2D eigenvalue weighted by molar-refractivity contribution is 5.99. The van der Waals surface area contributed by atoms with Crippen molar-refractivity contribution in [1.29, 1.82) is 0 Å². The second-order valence-electron chi connectivity index (χ2n) is 4.42. The summed E-state index contributed by atoms with van der Waals surface area (Å²) in [6, 6.07) is 6.14. The van der Waals surface area contributed by atoms with E-state index in [4.69, 9.17) is 4.74 Å². The standard InChI is InChI=1S/C12H14N2O2/c1-13-12(6-16-7-12)9-2-3-10-8(4-9)5-11(15)14-10/h2-4,13H,5-7H2,1H3,(H,14,15). The molecule has 0 aliphatic carbocycles. The van der Waals surface area contributed by atoms with Gasteiger partial charge in [0.05, 0.1) is 25.2 Å². The molecule has 2 aliphatic rings. The maximum atomic E-state index is 11.3. The topological polar surface area (TPSA) is 50.4 Å². The van der Waals surface area contributed by atoms with Crippen LogP contribution in [0.25, 0.3) is 0 Å². The van der Waals surface area contributed by atoms with E-state index in [1.807, 2.05) is 13.1 Å². The number of fused-ring (bicyclic) bond motifs is 1. The van der Waals surface area contributed by atoms with Gasteiger partial charge in [-0.15, -0.1) is 0 Å².